The zero-order chi connectivity index (χ0) is 20.2. The Morgan fingerprint density at radius 1 is 1.39 bits per heavy atom. The molecule has 1 spiro atoms. The van der Waals surface area contributed by atoms with E-state index in [9.17, 15) is 13.2 Å². The number of alkyl halides is 3. The molecule has 4 rings (SSSR count). The van der Waals surface area contributed by atoms with E-state index in [0.29, 0.717) is 10.9 Å². The number of nitrogens with zero attached hydrogens (tertiary/aromatic N) is 2. The van der Waals surface area contributed by atoms with Gasteiger partial charge in [-0.15, -0.1) is 11.8 Å². The molecule has 2 aromatic rings. The molecule has 0 saturated carbocycles. The van der Waals surface area contributed by atoms with Gasteiger partial charge in [-0.3, -0.25) is 4.90 Å². The molecular formula is C18H19F3N2O4S. The highest BCUT2D eigenvalue weighted by Gasteiger charge is 2.49. The molecule has 10 heteroatoms. The second-order valence-corrected chi connectivity index (χ2v) is 8.17. The molecule has 1 unspecified atom stereocenters. The average molecular weight is 416 g/mol. The van der Waals surface area contributed by atoms with E-state index in [4.69, 9.17) is 19.1 Å². The van der Waals surface area contributed by atoms with Crippen LogP contribution in [0.5, 0.6) is 5.88 Å². The average Bonchev–Trinajstić information content (AvgIpc) is 3.26. The minimum absolute atomic E-state index is 0.293. The number of furan rings is 1. The molecule has 0 aromatic carbocycles. The van der Waals surface area contributed by atoms with E-state index in [1.165, 1.54) is 5.56 Å². The number of halogens is 3. The summed E-state index contributed by atoms with van der Waals surface area (Å²) in [6, 6.07) is 7.86. The van der Waals surface area contributed by atoms with Gasteiger partial charge in [-0.1, -0.05) is 6.07 Å². The number of ether oxygens (including phenoxy) is 1. The Kier molecular flexibility index (Phi) is 6.19. The van der Waals surface area contributed by atoms with Crippen molar-refractivity contribution in [1.82, 2.24) is 9.88 Å². The van der Waals surface area contributed by atoms with Crippen molar-refractivity contribution in [3.8, 4) is 5.88 Å². The minimum atomic E-state index is -5.08. The van der Waals surface area contributed by atoms with Gasteiger partial charge in [-0.2, -0.15) is 13.2 Å². The molecule has 6 nitrogen and oxygen atoms in total. The van der Waals surface area contributed by atoms with Crippen LogP contribution in [0.4, 0.5) is 13.2 Å². The van der Waals surface area contributed by atoms with Crippen LogP contribution in [0.3, 0.4) is 0 Å². The van der Waals surface area contributed by atoms with E-state index < -0.39 is 12.1 Å². The first-order chi connectivity index (χ1) is 13.3. The van der Waals surface area contributed by atoms with Gasteiger partial charge in [-0.25, -0.2) is 9.78 Å². The monoisotopic (exact) mass is 416 g/mol. The quantitative estimate of drug-likeness (QED) is 0.818. The Morgan fingerprint density at radius 3 is 2.71 bits per heavy atom. The summed E-state index contributed by atoms with van der Waals surface area (Å²) in [7, 11) is 0. The van der Waals surface area contributed by atoms with Crippen molar-refractivity contribution in [2.24, 2.45) is 0 Å². The molecule has 2 saturated heterocycles. The molecule has 1 N–H and O–H groups in total. The number of carbonyl (C=O) groups is 1. The fourth-order valence-corrected chi connectivity index (χ4v) is 4.78. The number of carboxylic acids is 1. The zero-order valence-corrected chi connectivity index (χ0v) is 15.6. The highest BCUT2D eigenvalue weighted by Crippen LogP contribution is 2.46. The number of aromatic nitrogens is 1. The summed E-state index contributed by atoms with van der Waals surface area (Å²) in [5.41, 5.74) is 1.26. The fraction of sp³-hybridized carbons (Fsp3) is 0.444. The van der Waals surface area contributed by atoms with Crippen molar-refractivity contribution in [2.75, 3.05) is 18.8 Å². The Labute approximate surface area is 163 Å². The van der Waals surface area contributed by atoms with Crippen molar-refractivity contribution in [3.05, 3.63) is 48.6 Å². The van der Waals surface area contributed by atoms with Gasteiger partial charge in [0.05, 0.1) is 12.5 Å². The molecule has 28 heavy (non-hydrogen) atoms. The van der Waals surface area contributed by atoms with Gasteiger partial charge in [0, 0.05) is 54.4 Å². The summed E-state index contributed by atoms with van der Waals surface area (Å²) in [6.07, 6.45) is 1.69. The predicted octanol–water partition coefficient (Wildman–Crippen LogP) is 3.45. The topological polar surface area (TPSA) is 75.8 Å². The Hall–Kier alpha value is -2.20. The molecule has 2 fully saturated rings. The first-order valence-electron chi connectivity index (χ1n) is 8.51. The zero-order valence-electron chi connectivity index (χ0n) is 14.8. The van der Waals surface area contributed by atoms with E-state index in [-0.39, 0.29) is 0 Å². The number of carboxylic acid groups (broad SMARTS) is 1. The van der Waals surface area contributed by atoms with Gasteiger partial charge in [-0.05, 0) is 12.1 Å². The highest BCUT2D eigenvalue weighted by atomic mass is 32.2. The minimum Gasteiger partial charge on any atom is -0.475 e. The number of likely N-dealkylation sites (tertiary alicyclic amines) is 1. The Morgan fingerprint density at radius 2 is 2.14 bits per heavy atom. The van der Waals surface area contributed by atoms with E-state index >= 15 is 0 Å². The first-order valence-corrected chi connectivity index (χ1v) is 9.49. The lowest BCUT2D eigenvalue weighted by atomic mass is 9.92. The largest absolute Gasteiger partial charge is 0.490 e. The van der Waals surface area contributed by atoms with Crippen LogP contribution in [-0.2, 0) is 11.3 Å². The van der Waals surface area contributed by atoms with Gasteiger partial charge >= 0.3 is 12.1 Å². The van der Waals surface area contributed by atoms with Gasteiger partial charge < -0.3 is 14.3 Å². The molecule has 4 heterocycles. The number of thioether (sulfide) groups is 1. The molecule has 0 bridgehead atoms. The van der Waals surface area contributed by atoms with Crippen LogP contribution in [-0.4, -0.2) is 56.8 Å². The summed E-state index contributed by atoms with van der Waals surface area (Å²) in [4.78, 5) is 15.6. The Balaban J connectivity index is 0.000000279. The van der Waals surface area contributed by atoms with Crippen LogP contribution in [0.15, 0.2) is 47.4 Å². The molecule has 2 aliphatic rings. The van der Waals surface area contributed by atoms with E-state index in [0.717, 1.165) is 37.7 Å². The fourth-order valence-electron chi connectivity index (χ4n) is 3.21. The normalized spacial score (nSPS) is 20.9. The maximum atomic E-state index is 10.6. The third-order valence-electron chi connectivity index (χ3n) is 4.35. The number of rotatable bonds is 4. The van der Waals surface area contributed by atoms with Crippen LogP contribution in [0.1, 0.15) is 12.0 Å². The molecule has 0 aliphatic carbocycles. The molecule has 1 atom stereocenters. The van der Waals surface area contributed by atoms with Crippen molar-refractivity contribution < 1.29 is 32.2 Å². The van der Waals surface area contributed by atoms with E-state index in [1.54, 1.807) is 12.5 Å². The van der Waals surface area contributed by atoms with E-state index in [2.05, 4.69) is 21.6 Å². The van der Waals surface area contributed by atoms with Crippen molar-refractivity contribution in [3.63, 3.8) is 0 Å². The molecule has 0 radical (unpaired) electrons. The third-order valence-corrected chi connectivity index (χ3v) is 5.93. The second kappa shape index (κ2) is 8.44. The summed E-state index contributed by atoms with van der Waals surface area (Å²) in [6.45, 7) is 3.28. The molecule has 2 aromatic heterocycles. The Bertz CT molecular complexity index is 765. The highest BCUT2D eigenvalue weighted by molar-refractivity contribution is 8.01. The number of pyridine rings is 1. The van der Waals surface area contributed by atoms with Crippen molar-refractivity contribution in [1.29, 1.82) is 0 Å². The summed E-state index contributed by atoms with van der Waals surface area (Å²) >= 11 is 2.06. The lowest BCUT2D eigenvalue weighted by molar-refractivity contribution is -0.192. The van der Waals surface area contributed by atoms with Crippen molar-refractivity contribution in [2.45, 2.75) is 30.0 Å². The maximum absolute atomic E-state index is 10.6. The lowest BCUT2D eigenvalue weighted by Crippen LogP contribution is -2.58. The third kappa shape index (κ3) is 5.41. The van der Waals surface area contributed by atoms with Crippen LogP contribution >= 0.6 is 11.8 Å². The maximum Gasteiger partial charge on any atom is 0.490 e. The summed E-state index contributed by atoms with van der Waals surface area (Å²) in [5.74, 6) is -0.946. The lowest BCUT2D eigenvalue weighted by Gasteiger charge is -2.47. The van der Waals surface area contributed by atoms with Crippen LogP contribution < -0.4 is 4.74 Å². The van der Waals surface area contributed by atoms with Crippen LogP contribution in [0.2, 0.25) is 0 Å². The smallest absolute Gasteiger partial charge is 0.475 e. The van der Waals surface area contributed by atoms with Gasteiger partial charge in [0.1, 0.15) is 6.10 Å². The van der Waals surface area contributed by atoms with Gasteiger partial charge in [0.2, 0.25) is 5.88 Å². The summed E-state index contributed by atoms with van der Waals surface area (Å²) in [5, 5.41) is 7.12. The molecule has 2 aliphatic heterocycles. The predicted molar refractivity (Wildman–Crippen MR) is 96.1 cm³/mol. The SMILES string of the molecule is O=C(O)C(F)(F)F.c1ccc(OC2CSC3(C2)CN(Cc2ccoc2)C3)nc1. The second-order valence-electron chi connectivity index (χ2n) is 6.69. The van der Waals surface area contributed by atoms with Gasteiger partial charge in [0.25, 0.3) is 0 Å². The van der Waals surface area contributed by atoms with Crippen LogP contribution in [0, 0.1) is 0 Å². The van der Waals surface area contributed by atoms with Gasteiger partial charge in [0.15, 0.2) is 0 Å². The van der Waals surface area contributed by atoms with Crippen LogP contribution in [0.25, 0.3) is 0 Å². The number of hydrogen-bond donors (Lipinski definition) is 1. The molecule has 152 valence electrons. The standard InChI is InChI=1S/C16H18N2O2S.C2HF3O2/c1-2-5-17-15(3-1)20-14-7-16(21-10-14)11-18(12-16)8-13-4-6-19-9-13;3-2(4,5)1(6)7/h1-6,9,14H,7-8,10-12H2;(H,6,7). The number of hydrogen-bond acceptors (Lipinski definition) is 6. The first kappa shape index (κ1) is 20.5. The molecular weight excluding hydrogens is 397 g/mol. The number of aliphatic carboxylic acids is 1. The van der Waals surface area contributed by atoms with E-state index in [1.807, 2.05) is 30.5 Å². The molecule has 0 amide bonds. The van der Waals surface area contributed by atoms with Crippen molar-refractivity contribution >= 4 is 17.7 Å². The summed E-state index contributed by atoms with van der Waals surface area (Å²) < 4.78 is 43.2.